The molecule has 2 aromatic heterocycles. The molecule has 87 heavy (non-hydrogen) atoms. The number of amides is 3. The molecule has 0 aliphatic rings. The molecule has 5 aromatic carbocycles. The SMILES string of the molecule is COc1cccc(Nc2c(C(N)=O)cnc3c(C)cc(S(=O)(=O)c4cccc(C(=O)Nc5ccc(CCOCCCCCCN(CC(O[Si](C)(C)C(C)(C)C)c6ccc(OC(=O)OC(C)(C)C)c7[nH]c(=O)ccc67)C(=O)OC(C)(C)C)cc5)c4)cc23)c1. The highest BCUT2D eigenvalue weighted by Crippen LogP contribution is 2.42. The van der Waals surface area contributed by atoms with Gasteiger partial charge in [-0.2, -0.15) is 0 Å². The average Bonchev–Trinajstić information content (AvgIpc) is 0.914. The second-order valence-electron chi connectivity index (χ2n) is 25.0. The summed E-state index contributed by atoms with van der Waals surface area (Å²) in [5, 5.41) is 6.85. The summed E-state index contributed by atoms with van der Waals surface area (Å²) in [6.45, 7) is 24.7. The minimum atomic E-state index is -4.21. The molecule has 7 rings (SSSR count). The van der Waals surface area contributed by atoms with Crippen LogP contribution in [0.25, 0.3) is 21.8 Å². The van der Waals surface area contributed by atoms with Gasteiger partial charge >= 0.3 is 12.2 Å². The standard InChI is InChI=1S/C66H82N6O13SSi/c1-42-36-49(39-52-57(42)68-40-53(60(67)74)58(52)69-46-21-19-22-47(38-46)80-11)86(78,79)48-23-18-20-44(37-48)61(75)70-45-26-24-43(25-27-45)32-35-81-34-17-15-14-16-33-72(62(76)83-64(2,3)4)41-55(85-87(12,13)66(8,9)10)50-28-30-54(82-63(77)84-65(5,6)7)59-51(50)29-31-56(73)71-59/h18-31,36-40,55H,14-17,32-35,41H2,1-13H3,(H2,67,74)(H,68,69)(H,70,75)(H,71,73). The number of sulfone groups is 1. The first-order valence-electron chi connectivity index (χ1n) is 29.0. The van der Waals surface area contributed by atoms with Gasteiger partial charge in [-0.25, -0.2) is 18.0 Å². The zero-order valence-corrected chi connectivity index (χ0v) is 53.9. The molecule has 3 amide bonds. The van der Waals surface area contributed by atoms with Crippen LogP contribution >= 0.6 is 0 Å². The van der Waals surface area contributed by atoms with Crippen molar-refractivity contribution < 1.29 is 55.7 Å². The number of methoxy groups -OCH3 is 1. The van der Waals surface area contributed by atoms with Gasteiger partial charge in [-0.3, -0.25) is 19.4 Å². The summed E-state index contributed by atoms with van der Waals surface area (Å²) in [5.74, 6) is -0.577. The topological polar surface area (TPSA) is 257 Å². The van der Waals surface area contributed by atoms with E-state index >= 15 is 0 Å². The quantitative estimate of drug-likeness (QED) is 0.0190. The number of nitrogens with one attached hydrogen (secondary N) is 3. The van der Waals surface area contributed by atoms with Crippen molar-refractivity contribution >= 4 is 81.1 Å². The Bertz CT molecular complexity index is 3810. The number of ether oxygens (including phenoxy) is 5. The first kappa shape index (κ1) is 66.4. The molecule has 464 valence electrons. The number of H-pyrrole nitrogens is 1. The molecular formula is C66H82N6O13SSi. The van der Waals surface area contributed by atoms with Crippen LogP contribution in [0.2, 0.25) is 18.1 Å². The van der Waals surface area contributed by atoms with Crippen LogP contribution in [-0.2, 0) is 34.9 Å². The number of rotatable bonds is 24. The lowest BCUT2D eigenvalue weighted by molar-refractivity contribution is 0.0150. The molecule has 0 fully saturated rings. The first-order chi connectivity index (χ1) is 40.8. The molecule has 0 aliphatic heterocycles. The Morgan fingerprint density at radius 2 is 1.46 bits per heavy atom. The molecule has 0 saturated carbocycles. The summed E-state index contributed by atoms with van der Waals surface area (Å²) < 4.78 is 64.2. The number of benzene rings is 5. The normalized spacial score (nSPS) is 12.6. The molecule has 21 heteroatoms. The third kappa shape index (κ3) is 17.8. The van der Waals surface area contributed by atoms with Crippen molar-refractivity contribution in [2.75, 3.05) is 44.0 Å². The fourth-order valence-electron chi connectivity index (χ4n) is 9.31. The van der Waals surface area contributed by atoms with E-state index in [2.05, 4.69) is 54.5 Å². The predicted molar refractivity (Wildman–Crippen MR) is 341 cm³/mol. The van der Waals surface area contributed by atoms with Gasteiger partial charge < -0.3 is 54.4 Å². The van der Waals surface area contributed by atoms with Crippen molar-refractivity contribution in [1.82, 2.24) is 14.9 Å². The maximum atomic E-state index is 14.3. The Balaban J connectivity index is 0.933. The van der Waals surface area contributed by atoms with Crippen molar-refractivity contribution in [3.63, 3.8) is 0 Å². The maximum Gasteiger partial charge on any atom is 0.514 e. The largest absolute Gasteiger partial charge is 0.514 e. The summed E-state index contributed by atoms with van der Waals surface area (Å²) in [6, 6.07) is 29.6. The number of carbonyl (C=O) groups is 4. The molecule has 19 nitrogen and oxygen atoms in total. The van der Waals surface area contributed by atoms with E-state index in [1.165, 1.54) is 55.8 Å². The van der Waals surface area contributed by atoms with Crippen molar-refractivity contribution in [2.24, 2.45) is 5.73 Å². The zero-order chi connectivity index (χ0) is 63.6. The van der Waals surface area contributed by atoms with Gasteiger partial charge in [0.2, 0.25) is 15.4 Å². The lowest BCUT2D eigenvalue weighted by Gasteiger charge is -2.41. The van der Waals surface area contributed by atoms with E-state index < -0.39 is 59.5 Å². The van der Waals surface area contributed by atoms with Gasteiger partial charge in [-0.05, 0) is 169 Å². The number of carbonyl (C=O) groups excluding carboxylic acids is 4. The van der Waals surface area contributed by atoms with Crippen molar-refractivity contribution in [2.45, 2.75) is 147 Å². The van der Waals surface area contributed by atoms with Crippen LogP contribution in [0.4, 0.5) is 26.7 Å². The number of nitrogens with zero attached hydrogens (tertiary/aromatic N) is 2. The maximum absolute atomic E-state index is 14.3. The number of hydrogen-bond acceptors (Lipinski definition) is 15. The highest BCUT2D eigenvalue weighted by atomic mass is 32.2. The van der Waals surface area contributed by atoms with E-state index in [-0.39, 0.29) is 49.5 Å². The highest BCUT2D eigenvalue weighted by Gasteiger charge is 2.41. The minimum absolute atomic E-state index is 0.0623. The third-order valence-electron chi connectivity index (χ3n) is 14.8. The highest BCUT2D eigenvalue weighted by molar-refractivity contribution is 7.91. The van der Waals surface area contributed by atoms with E-state index in [1.807, 2.05) is 32.9 Å². The molecule has 1 unspecified atom stereocenters. The Hall–Kier alpha value is -8.11. The van der Waals surface area contributed by atoms with Crippen LogP contribution < -0.4 is 31.4 Å². The van der Waals surface area contributed by atoms with Crippen LogP contribution in [0.1, 0.15) is 132 Å². The van der Waals surface area contributed by atoms with Crippen molar-refractivity contribution in [3.05, 3.63) is 154 Å². The van der Waals surface area contributed by atoms with E-state index in [0.717, 1.165) is 24.8 Å². The van der Waals surface area contributed by atoms with Crippen LogP contribution in [0.15, 0.2) is 130 Å². The van der Waals surface area contributed by atoms with Crippen molar-refractivity contribution in [1.29, 1.82) is 0 Å². The van der Waals surface area contributed by atoms with Gasteiger partial charge in [0, 0.05) is 59.2 Å². The second kappa shape index (κ2) is 27.7. The van der Waals surface area contributed by atoms with Gasteiger partial charge in [0.15, 0.2) is 14.1 Å². The number of aromatic amines is 1. The number of aryl methyl sites for hydroxylation is 1. The van der Waals surface area contributed by atoms with Crippen LogP contribution in [0.3, 0.4) is 0 Å². The molecule has 5 N–H and O–H groups in total. The number of nitrogens with two attached hydrogens (primary N) is 1. The van der Waals surface area contributed by atoms with Gasteiger partial charge in [0.25, 0.3) is 11.8 Å². The molecule has 2 heterocycles. The average molecular weight is 1230 g/mol. The first-order valence-corrected chi connectivity index (χ1v) is 33.4. The number of pyridine rings is 2. The predicted octanol–water partition coefficient (Wildman–Crippen LogP) is 13.8. The number of unbranched alkanes of at least 4 members (excludes halogenated alkanes) is 3. The number of hydrogen-bond donors (Lipinski definition) is 4. The smallest absolute Gasteiger partial charge is 0.497 e. The van der Waals surface area contributed by atoms with Gasteiger partial charge in [-0.15, -0.1) is 0 Å². The monoisotopic (exact) mass is 1230 g/mol. The van der Waals surface area contributed by atoms with Gasteiger partial charge in [0.1, 0.15) is 17.0 Å². The molecule has 1 atom stereocenters. The fraction of sp³-hybridized carbons (Fsp3) is 0.394. The molecule has 0 spiro atoms. The Morgan fingerprint density at radius 3 is 2.14 bits per heavy atom. The Morgan fingerprint density at radius 1 is 0.759 bits per heavy atom. The second-order valence-corrected chi connectivity index (χ2v) is 31.7. The Labute approximate surface area is 510 Å². The van der Waals surface area contributed by atoms with Crippen molar-refractivity contribution in [3.8, 4) is 11.5 Å². The van der Waals surface area contributed by atoms with Gasteiger partial charge in [-0.1, -0.05) is 63.9 Å². The number of fused-ring (bicyclic) bond motifs is 2. The van der Waals surface area contributed by atoms with E-state index in [4.69, 9.17) is 33.8 Å². The number of aromatic nitrogens is 2. The summed E-state index contributed by atoms with van der Waals surface area (Å²) >= 11 is 0. The Kier molecular flexibility index (Phi) is 21.2. The van der Waals surface area contributed by atoms with E-state index in [9.17, 15) is 32.4 Å². The van der Waals surface area contributed by atoms with Crippen LogP contribution in [0.5, 0.6) is 11.5 Å². The summed E-state index contributed by atoms with van der Waals surface area (Å²) in [6.07, 6.45) is 3.12. The van der Waals surface area contributed by atoms with Crippen LogP contribution in [-0.4, -0.2) is 100 Å². The molecule has 0 aliphatic carbocycles. The molecule has 7 aromatic rings. The molecule has 0 saturated heterocycles. The molecule has 0 bridgehead atoms. The van der Waals surface area contributed by atoms with E-state index in [0.29, 0.717) is 82.7 Å². The summed E-state index contributed by atoms with van der Waals surface area (Å²) in [4.78, 5) is 74.6. The summed E-state index contributed by atoms with van der Waals surface area (Å²) in [5.41, 5.74) is 8.39. The van der Waals surface area contributed by atoms with E-state index in [1.54, 1.807) is 87.2 Å². The lowest BCUT2D eigenvalue weighted by Crippen LogP contribution is -2.46. The van der Waals surface area contributed by atoms with Gasteiger partial charge in [0.05, 0.1) is 58.4 Å². The van der Waals surface area contributed by atoms with Crippen LogP contribution in [0, 0.1) is 6.92 Å². The number of anilines is 3. The molecule has 0 radical (unpaired) electrons. The summed E-state index contributed by atoms with van der Waals surface area (Å²) in [7, 11) is -5.19. The number of primary amides is 1. The molecular weight excluding hydrogens is 1140 g/mol. The minimum Gasteiger partial charge on any atom is -0.497 e. The fourth-order valence-corrected chi connectivity index (χ4v) is 12.0. The lowest BCUT2D eigenvalue weighted by atomic mass is 10.0. The zero-order valence-electron chi connectivity index (χ0n) is 52.1. The third-order valence-corrected chi connectivity index (χ3v) is 21.0.